The van der Waals surface area contributed by atoms with Crippen molar-refractivity contribution in [1.29, 1.82) is 0 Å². The normalized spacial score (nSPS) is 21.3. The smallest absolute Gasteiger partial charge is 0.294 e. The van der Waals surface area contributed by atoms with Crippen LogP contribution in [0.3, 0.4) is 0 Å². The minimum atomic E-state index is -4.02. The molecule has 0 bridgehead atoms. The van der Waals surface area contributed by atoms with Gasteiger partial charge in [-0.05, 0) is 39.3 Å². The van der Waals surface area contributed by atoms with Gasteiger partial charge in [0.15, 0.2) is 5.79 Å². The van der Waals surface area contributed by atoms with E-state index >= 15 is 0 Å². The molecule has 0 radical (unpaired) electrons. The van der Waals surface area contributed by atoms with E-state index in [1.807, 2.05) is 20.8 Å². The van der Waals surface area contributed by atoms with Crippen molar-refractivity contribution in [2.24, 2.45) is 0 Å². The lowest BCUT2D eigenvalue weighted by atomic mass is 10.2. The maximum Gasteiger partial charge on any atom is 0.294 e. The Kier molecular flexibility index (Phi) is 6.30. The number of aliphatic hydroxyl groups excluding tert-OH is 1. The Morgan fingerprint density at radius 2 is 1.86 bits per heavy atom. The van der Waals surface area contributed by atoms with E-state index in [9.17, 15) is 8.42 Å². The first kappa shape index (κ1) is 18.1. The molecule has 1 aromatic carbocycles. The van der Waals surface area contributed by atoms with Crippen LogP contribution in [0, 0.1) is 6.92 Å². The van der Waals surface area contributed by atoms with Crippen molar-refractivity contribution in [3.63, 3.8) is 0 Å². The molecular formula is C14H22O6S. The van der Waals surface area contributed by atoms with Crippen LogP contribution >= 0.6 is 0 Å². The molecule has 2 N–H and O–H groups in total. The molecular weight excluding hydrogens is 296 g/mol. The fourth-order valence-corrected chi connectivity index (χ4v) is 2.25. The molecule has 1 aromatic rings. The predicted octanol–water partition coefficient (Wildman–Crippen LogP) is 1.76. The summed E-state index contributed by atoms with van der Waals surface area (Å²) in [5.41, 5.74) is 0.956. The Hall–Kier alpha value is -0.990. The second-order valence-electron chi connectivity index (χ2n) is 5.25. The van der Waals surface area contributed by atoms with Crippen molar-refractivity contribution >= 4 is 10.1 Å². The van der Waals surface area contributed by atoms with E-state index in [-0.39, 0.29) is 17.6 Å². The lowest BCUT2D eigenvalue weighted by Crippen LogP contribution is -2.41. The van der Waals surface area contributed by atoms with Gasteiger partial charge in [0.25, 0.3) is 10.1 Å². The summed E-state index contributed by atoms with van der Waals surface area (Å²) < 4.78 is 40.2. The molecule has 1 atom stereocenters. The second-order valence-corrected chi connectivity index (χ2v) is 6.67. The Balaban J connectivity index is 0.000000211. The molecule has 120 valence electrons. The number of aliphatic hydroxyl groups is 1. The standard InChI is InChI=1S/C7H8O3S.C7H14O3/c1-6-2-4-7(5-3-6)11(8,9)10;1-7(2)9-4-3-6(5-8)10-7/h2-5H,1H3,(H,8,9,10);6,8H,3-5H2,1-2H3/t;6-/m.0/s1. The number of aryl methyl sites for hydroxylation is 1. The van der Waals surface area contributed by atoms with Crippen molar-refractivity contribution in [3.05, 3.63) is 29.8 Å². The molecule has 2 rings (SSSR count). The molecule has 1 aliphatic heterocycles. The highest BCUT2D eigenvalue weighted by Crippen LogP contribution is 2.21. The van der Waals surface area contributed by atoms with Gasteiger partial charge in [-0.25, -0.2) is 0 Å². The number of ether oxygens (including phenoxy) is 2. The van der Waals surface area contributed by atoms with Crippen LogP contribution in [0.4, 0.5) is 0 Å². The van der Waals surface area contributed by atoms with Crippen molar-refractivity contribution in [1.82, 2.24) is 0 Å². The summed E-state index contributed by atoms with van der Waals surface area (Å²) in [5, 5.41) is 8.74. The quantitative estimate of drug-likeness (QED) is 0.807. The lowest BCUT2D eigenvalue weighted by molar-refractivity contribution is -0.277. The average Bonchev–Trinajstić information content (AvgIpc) is 2.37. The van der Waals surface area contributed by atoms with E-state index in [1.165, 1.54) is 12.1 Å². The Morgan fingerprint density at radius 3 is 2.24 bits per heavy atom. The van der Waals surface area contributed by atoms with E-state index in [0.717, 1.165) is 12.0 Å². The van der Waals surface area contributed by atoms with E-state index in [1.54, 1.807) is 12.1 Å². The average molecular weight is 318 g/mol. The van der Waals surface area contributed by atoms with Crippen LogP contribution < -0.4 is 0 Å². The summed E-state index contributed by atoms with van der Waals surface area (Å²) in [6, 6.07) is 5.99. The molecule has 0 amide bonds. The van der Waals surface area contributed by atoms with Crippen LogP contribution in [0.5, 0.6) is 0 Å². The molecule has 6 nitrogen and oxygen atoms in total. The molecule has 1 aliphatic rings. The SMILES string of the molecule is CC1(C)OCC[C@@H](CO)O1.Cc1ccc(S(=O)(=O)O)cc1. The molecule has 7 heteroatoms. The first-order chi connectivity index (χ1) is 9.64. The Morgan fingerprint density at radius 1 is 1.29 bits per heavy atom. The second kappa shape index (κ2) is 7.33. The highest BCUT2D eigenvalue weighted by atomic mass is 32.2. The van der Waals surface area contributed by atoms with Crippen molar-refractivity contribution in [2.45, 2.75) is 44.0 Å². The summed E-state index contributed by atoms with van der Waals surface area (Å²) >= 11 is 0. The third kappa shape index (κ3) is 6.54. The van der Waals surface area contributed by atoms with Gasteiger partial charge in [-0.2, -0.15) is 8.42 Å². The number of benzene rings is 1. The number of rotatable bonds is 2. The third-order valence-corrected chi connectivity index (χ3v) is 3.73. The number of hydrogen-bond acceptors (Lipinski definition) is 5. The molecule has 21 heavy (non-hydrogen) atoms. The van der Waals surface area contributed by atoms with Crippen LogP contribution in [-0.2, 0) is 19.6 Å². The van der Waals surface area contributed by atoms with Crippen LogP contribution in [0.1, 0.15) is 25.8 Å². The zero-order chi connectivity index (χ0) is 16.1. The fraction of sp³-hybridized carbons (Fsp3) is 0.571. The minimum Gasteiger partial charge on any atom is -0.394 e. The first-order valence-electron chi connectivity index (χ1n) is 6.61. The molecule has 0 aliphatic carbocycles. The van der Waals surface area contributed by atoms with Crippen molar-refractivity contribution in [2.75, 3.05) is 13.2 Å². The molecule has 1 heterocycles. The highest BCUT2D eigenvalue weighted by molar-refractivity contribution is 7.85. The number of hydrogen-bond donors (Lipinski definition) is 2. The van der Waals surface area contributed by atoms with Crippen molar-refractivity contribution in [3.8, 4) is 0 Å². The van der Waals surface area contributed by atoms with Crippen LogP contribution in [0.2, 0.25) is 0 Å². The van der Waals surface area contributed by atoms with Gasteiger partial charge in [-0.15, -0.1) is 0 Å². The fourth-order valence-electron chi connectivity index (χ4n) is 1.77. The van der Waals surface area contributed by atoms with E-state index < -0.39 is 15.9 Å². The van der Waals surface area contributed by atoms with Gasteiger partial charge in [0.2, 0.25) is 0 Å². The van der Waals surface area contributed by atoms with E-state index in [4.69, 9.17) is 19.1 Å². The zero-order valence-electron chi connectivity index (χ0n) is 12.4. The van der Waals surface area contributed by atoms with Gasteiger partial charge in [0.1, 0.15) is 0 Å². The molecule has 0 aromatic heterocycles. The van der Waals surface area contributed by atoms with E-state index in [2.05, 4.69) is 0 Å². The maximum absolute atomic E-state index is 10.5. The molecule has 0 saturated carbocycles. The summed E-state index contributed by atoms with van der Waals surface area (Å²) in [6.07, 6.45) is 0.753. The molecule has 0 unspecified atom stereocenters. The molecule has 1 fully saturated rings. The summed E-state index contributed by atoms with van der Waals surface area (Å²) in [7, 11) is -4.02. The van der Waals surface area contributed by atoms with Gasteiger partial charge >= 0.3 is 0 Å². The lowest BCUT2D eigenvalue weighted by Gasteiger charge is -2.35. The zero-order valence-corrected chi connectivity index (χ0v) is 13.3. The van der Waals surface area contributed by atoms with Crippen LogP contribution in [0.15, 0.2) is 29.2 Å². The van der Waals surface area contributed by atoms with Gasteiger partial charge in [-0.1, -0.05) is 17.7 Å². The van der Waals surface area contributed by atoms with Gasteiger partial charge in [-0.3, -0.25) is 4.55 Å². The Labute approximate surface area is 125 Å². The van der Waals surface area contributed by atoms with Crippen molar-refractivity contribution < 1.29 is 27.6 Å². The largest absolute Gasteiger partial charge is 0.394 e. The monoisotopic (exact) mass is 318 g/mol. The minimum absolute atomic E-state index is 0.0382. The predicted molar refractivity (Wildman–Crippen MR) is 77.6 cm³/mol. The summed E-state index contributed by atoms with van der Waals surface area (Å²) in [6.45, 7) is 6.32. The first-order valence-corrected chi connectivity index (χ1v) is 8.05. The summed E-state index contributed by atoms with van der Waals surface area (Å²) in [4.78, 5) is -0.0666. The van der Waals surface area contributed by atoms with Gasteiger partial charge < -0.3 is 14.6 Å². The third-order valence-electron chi connectivity index (χ3n) is 2.86. The topological polar surface area (TPSA) is 93.1 Å². The van der Waals surface area contributed by atoms with Gasteiger partial charge in [0, 0.05) is 0 Å². The van der Waals surface area contributed by atoms with Crippen LogP contribution in [0.25, 0.3) is 0 Å². The van der Waals surface area contributed by atoms with Gasteiger partial charge in [0.05, 0.1) is 24.2 Å². The maximum atomic E-state index is 10.5. The molecule has 0 spiro atoms. The molecule has 1 saturated heterocycles. The summed E-state index contributed by atoms with van der Waals surface area (Å²) in [5.74, 6) is -0.508. The highest BCUT2D eigenvalue weighted by Gasteiger charge is 2.28. The van der Waals surface area contributed by atoms with Crippen LogP contribution in [-0.4, -0.2) is 43.2 Å². The Bertz CT molecular complexity index is 535. The van der Waals surface area contributed by atoms with E-state index in [0.29, 0.717) is 6.61 Å².